The van der Waals surface area contributed by atoms with Crippen LogP contribution in [0.25, 0.3) is 0 Å². The summed E-state index contributed by atoms with van der Waals surface area (Å²) in [7, 11) is 0. The molecule has 2 unspecified atom stereocenters. The number of nitrogens with one attached hydrogen (secondary N) is 1. The fraction of sp³-hybridized carbons (Fsp3) is 0.867. The minimum Gasteiger partial charge on any atom is -0.312 e. The lowest BCUT2D eigenvalue weighted by atomic mass is 9.95. The zero-order chi connectivity index (χ0) is 13.5. The predicted molar refractivity (Wildman–Crippen MR) is 77.4 cm³/mol. The molecule has 1 aromatic heterocycles. The number of hydrogen-bond acceptors (Lipinski definition) is 4. The minimum atomic E-state index is 0.627. The first-order valence-corrected chi connectivity index (χ1v) is 8.16. The van der Waals surface area contributed by atoms with E-state index < -0.39 is 0 Å². The van der Waals surface area contributed by atoms with Crippen LogP contribution in [0, 0.1) is 11.8 Å². The first-order valence-electron chi connectivity index (χ1n) is 8.16. The van der Waals surface area contributed by atoms with Gasteiger partial charge in [-0.15, -0.1) is 10.2 Å². The molecule has 1 aromatic rings. The highest BCUT2D eigenvalue weighted by Gasteiger charge is 2.35. The van der Waals surface area contributed by atoms with Crippen LogP contribution < -0.4 is 5.32 Å². The predicted octanol–water partition coefficient (Wildman–Crippen LogP) is 1.22. The molecule has 5 heteroatoms. The van der Waals surface area contributed by atoms with Gasteiger partial charge in [0.25, 0.3) is 0 Å². The summed E-state index contributed by atoms with van der Waals surface area (Å²) in [6.45, 7) is 9.17. The van der Waals surface area contributed by atoms with E-state index in [0.717, 1.165) is 37.3 Å². The molecule has 1 aliphatic carbocycles. The van der Waals surface area contributed by atoms with Gasteiger partial charge in [0.05, 0.1) is 6.54 Å². The Morgan fingerprint density at radius 3 is 2.75 bits per heavy atom. The lowest BCUT2D eigenvalue weighted by Crippen LogP contribution is -2.36. The number of aromatic nitrogens is 3. The van der Waals surface area contributed by atoms with E-state index in [1.165, 1.54) is 44.7 Å². The molecular formula is C15H25N5. The zero-order valence-electron chi connectivity index (χ0n) is 12.4. The molecule has 0 amide bonds. The molecule has 3 heterocycles. The maximum Gasteiger partial charge on any atom is 0.147 e. The van der Waals surface area contributed by atoms with E-state index in [1.807, 2.05) is 0 Å². The van der Waals surface area contributed by atoms with E-state index in [-0.39, 0.29) is 0 Å². The maximum absolute atomic E-state index is 4.49. The fourth-order valence-corrected chi connectivity index (χ4v) is 3.78. The van der Waals surface area contributed by atoms with Crippen molar-refractivity contribution < 1.29 is 0 Å². The smallest absolute Gasteiger partial charge is 0.147 e. The Hall–Kier alpha value is -0.940. The molecule has 1 saturated heterocycles. The largest absolute Gasteiger partial charge is 0.312 e. The van der Waals surface area contributed by atoms with Gasteiger partial charge in [-0.3, -0.25) is 0 Å². The average molecular weight is 275 g/mol. The van der Waals surface area contributed by atoms with Crippen LogP contribution in [0.2, 0.25) is 0 Å². The third-order valence-corrected chi connectivity index (χ3v) is 5.37. The minimum absolute atomic E-state index is 0.627. The van der Waals surface area contributed by atoms with E-state index >= 15 is 0 Å². The number of likely N-dealkylation sites (tertiary alicyclic amines) is 1. The van der Waals surface area contributed by atoms with Crippen molar-refractivity contribution in [3.05, 3.63) is 11.6 Å². The maximum atomic E-state index is 4.49. The Morgan fingerprint density at radius 1 is 1.20 bits per heavy atom. The molecule has 2 fully saturated rings. The molecule has 1 N–H and O–H groups in total. The van der Waals surface area contributed by atoms with E-state index in [1.54, 1.807) is 0 Å². The summed E-state index contributed by atoms with van der Waals surface area (Å²) in [6.07, 6.45) is 3.96. The van der Waals surface area contributed by atoms with E-state index in [2.05, 4.69) is 31.9 Å². The first-order chi connectivity index (χ1) is 9.81. The van der Waals surface area contributed by atoms with Gasteiger partial charge < -0.3 is 14.8 Å². The lowest BCUT2D eigenvalue weighted by molar-refractivity contribution is 0.197. The van der Waals surface area contributed by atoms with Gasteiger partial charge >= 0.3 is 0 Å². The number of rotatable bonds is 3. The molecule has 2 atom stereocenters. The fourth-order valence-electron chi connectivity index (χ4n) is 3.78. The molecule has 4 rings (SSSR count). The second-order valence-electron chi connectivity index (χ2n) is 6.85. The number of nitrogens with zero attached hydrogens (tertiary/aromatic N) is 4. The molecule has 0 spiro atoms. The lowest BCUT2D eigenvalue weighted by Gasteiger charge is -2.32. The molecule has 3 aliphatic rings. The Kier molecular flexibility index (Phi) is 3.27. The Balaban J connectivity index is 1.38. The van der Waals surface area contributed by atoms with Crippen molar-refractivity contribution in [3.63, 3.8) is 0 Å². The van der Waals surface area contributed by atoms with Crippen LogP contribution in [0.5, 0.6) is 0 Å². The third-order valence-electron chi connectivity index (χ3n) is 5.37. The summed E-state index contributed by atoms with van der Waals surface area (Å²) in [5, 5.41) is 12.2. The standard InChI is InChI=1S/C15H25N5/c1-11-8-13(11)10-19-5-2-12(3-6-19)15-18-17-14-9-16-4-7-20(14)15/h11-13,16H,2-10H2,1H3. The number of piperidine rings is 1. The number of fused-ring (bicyclic) bond motifs is 1. The van der Waals surface area contributed by atoms with Crippen LogP contribution in [-0.4, -0.2) is 45.8 Å². The van der Waals surface area contributed by atoms with Crippen LogP contribution in [0.1, 0.15) is 43.8 Å². The Labute approximate surface area is 120 Å². The van der Waals surface area contributed by atoms with Crippen LogP contribution in [0.4, 0.5) is 0 Å². The topological polar surface area (TPSA) is 46.0 Å². The molecule has 20 heavy (non-hydrogen) atoms. The summed E-state index contributed by atoms with van der Waals surface area (Å²) in [5.41, 5.74) is 0. The molecular weight excluding hydrogens is 250 g/mol. The highest BCUT2D eigenvalue weighted by molar-refractivity contribution is 5.05. The first kappa shape index (κ1) is 12.8. The summed E-state index contributed by atoms with van der Waals surface area (Å²) in [5.74, 6) is 4.96. The van der Waals surface area contributed by atoms with E-state index in [4.69, 9.17) is 0 Å². The van der Waals surface area contributed by atoms with Crippen molar-refractivity contribution in [2.24, 2.45) is 11.8 Å². The monoisotopic (exact) mass is 275 g/mol. The quantitative estimate of drug-likeness (QED) is 0.901. The normalized spacial score (nSPS) is 31.2. The Bertz CT molecular complexity index is 475. The van der Waals surface area contributed by atoms with Crippen molar-refractivity contribution >= 4 is 0 Å². The van der Waals surface area contributed by atoms with Gasteiger partial charge in [-0.25, -0.2) is 0 Å². The van der Waals surface area contributed by atoms with Gasteiger partial charge in [-0.2, -0.15) is 0 Å². The number of hydrogen-bond donors (Lipinski definition) is 1. The van der Waals surface area contributed by atoms with Crippen molar-refractivity contribution in [2.75, 3.05) is 26.2 Å². The average Bonchev–Trinajstić information content (AvgIpc) is 3.02. The molecule has 1 saturated carbocycles. The molecule has 0 radical (unpaired) electrons. The second-order valence-corrected chi connectivity index (χ2v) is 6.85. The Morgan fingerprint density at radius 2 is 2.00 bits per heavy atom. The third kappa shape index (κ3) is 2.37. The summed E-state index contributed by atoms with van der Waals surface area (Å²) in [6, 6.07) is 0. The van der Waals surface area contributed by atoms with Crippen molar-refractivity contribution in [3.8, 4) is 0 Å². The summed E-state index contributed by atoms with van der Waals surface area (Å²) >= 11 is 0. The zero-order valence-corrected chi connectivity index (χ0v) is 12.4. The van der Waals surface area contributed by atoms with Gasteiger partial charge in [0.1, 0.15) is 11.6 Å². The highest BCUT2D eigenvalue weighted by Crippen LogP contribution is 2.39. The van der Waals surface area contributed by atoms with Gasteiger partial charge in [0.15, 0.2) is 0 Å². The summed E-state index contributed by atoms with van der Waals surface area (Å²) in [4.78, 5) is 2.67. The van der Waals surface area contributed by atoms with Crippen molar-refractivity contribution in [1.82, 2.24) is 25.0 Å². The summed E-state index contributed by atoms with van der Waals surface area (Å²) < 4.78 is 2.36. The molecule has 2 aliphatic heterocycles. The molecule has 110 valence electrons. The van der Waals surface area contributed by atoms with E-state index in [0.29, 0.717) is 5.92 Å². The van der Waals surface area contributed by atoms with Gasteiger partial charge in [-0.05, 0) is 44.2 Å². The molecule has 0 aromatic carbocycles. The molecule has 5 nitrogen and oxygen atoms in total. The van der Waals surface area contributed by atoms with Gasteiger partial charge in [-0.1, -0.05) is 6.92 Å². The van der Waals surface area contributed by atoms with Crippen LogP contribution >= 0.6 is 0 Å². The van der Waals surface area contributed by atoms with Crippen LogP contribution in [0.15, 0.2) is 0 Å². The van der Waals surface area contributed by atoms with Crippen LogP contribution in [0.3, 0.4) is 0 Å². The SMILES string of the molecule is CC1CC1CN1CCC(c2nnc3n2CCNC3)CC1. The highest BCUT2D eigenvalue weighted by atomic mass is 15.3. The van der Waals surface area contributed by atoms with Crippen molar-refractivity contribution in [2.45, 2.75) is 45.2 Å². The molecule has 0 bridgehead atoms. The second kappa shape index (κ2) is 5.11. The van der Waals surface area contributed by atoms with Gasteiger partial charge in [0, 0.05) is 25.6 Å². The van der Waals surface area contributed by atoms with Crippen molar-refractivity contribution in [1.29, 1.82) is 0 Å². The van der Waals surface area contributed by atoms with E-state index in [9.17, 15) is 0 Å². The van der Waals surface area contributed by atoms with Crippen LogP contribution in [-0.2, 0) is 13.1 Å². The van der Waals surface area contributed by atoms with Gasteiger partial charge in [0.2, 0.25) is 0 Å².